The van der Waals surface area contributed by atoms with Gasteiger partial charge in [-0.25, -0.2) is 0 Å². The highest BCUT2D eigenvalue weighted by Crippen LogP contribution is 2.65. The zero-order chi connectivity index (χ0) is 32.7. The smallest absolute Gasteiger partial charge is 0.228 e. The molecule has 0 aliphatic heterocycles. The molecule has 6 nitrogen and oxygen atoms in total. The molecular weight excluding hydrogens is 608 g/mol. The van der Waals surface area contributed by atoms with Crippen LogP contribution in [0.15, 0.2) is 187 Å². The summed E-state index contributed by atoms with van der Waals surface area (Å²) in [4.78, 5) is 8.25. The number of benzene rings is 6. The summed E-state index contributed by atoms with van der Waals surface area (Å²) in [5, 5.41) is 29.6. The van der Waals surface area contributed by atoms with Gasteiger partial charge in [-0.1, -0.05) is 146 Å². The molecule has 0 N–H and O–H groups in total. The van der Waals surface area contributed by atoms with Crippen molar-refractivity contribution in [3.05, 3.63) is 197 Å². The van der Waals surface area contributed by atoms with E-state index in [1.165, 1.54) is 38.8 Å². The second-order valence-corrected chi connectivity index (χ2v) is 16.2. The van der Waals surface area contributed by atoms with Crippen molar-refractivity contribution in [3.8, 4) is 6.07 Å². The van der Waals surface area contributed by atoms with Gasteiger partial charge >= 0.3 is 0 Å². The third kappa shape index (κ3) is 7.65. The quantitative estimate of drug-likeness (QED) is 0.103. The first kappa shape index (κ1) is 33.6. The molecule has 0 aliphatic rings. The first-order chi connectivity index (χ1) is 22.5. The Morgan fingerprint density at radius 2 is 0.717 bits per heavy atom. The Bertz CT molecular complexity index is 1680. The van der Waals surface area contributed by atoms with Crippen LogP contribution in [0.25, 0.3) is 0 Å². The first-order valence-corrected chi connectivity index (χ1v) is 18.0. The van der Waals surface area contributed by atoms with Gasteiger partial charge in [0.05, 0.1) is 11.2 Å². The second-order valence-electron chi connectivity index (χ2n) is 9.82. The molecule has 0 unspecified atom stereocenters. The zero-order valence-electron chi connectivity index (χ0n) is 25.3. The third-order valence-corrected chi connectivity index (χ3v) is 15.5. The summed E-state index contributed by atoms with van der Waals surface area (Å²) in [5.41, 5.74) is 0. The van der Waals surface area contributed by atoms with E-state index in [2.05, 4.69) is 182 Å². The summed E-state index contributed by atoms with van der Waals surface area (Å²) < 4.78 is 6.38. The van der Waals surface area contributed by atoms with Gasteiger partial charge in [0.2, 0.25) is 7.41 Å². The molecule has 228 valence electrons. The van der Waals surface area contributed by atoms with Gasteiger partial charge in [-0.15, -0.1) is 4.52 Å². The van der Waals surface area contributed by atoms with Gasteiger partial charge < -0.3 is 15.3 Å². The van der Waals surface area contributed by atoms with Crippen molar-refractivity contribution in [1.82, 2.24) is 0 Å². The Hall–Kier alpha value is -5.33. The predicted molar refractivity (Wildman–Crippen MR) is 194 cm³/mol. The highest BCUT2D eigenvalue weighted by molar-refractivity contribution is 8.01. The minimum absolute atomic E-state index is 1.26. The lowest BCUT2D eigenvalue weighted by atomic mass is 10.4. The van der Waals surface area contributed by atoms with Gasteiger partial charge in [0.25, 0.3) is 0 Å². The molecule has 0 saturated carbocycles. The van der Waals surface area contributed by atoms with Crippen molar-refractivity contribution in [2.45, 2.75) is 6.92 Å². The Labute approximate surface area is 270 Å². The average molecular weight is 642 g/mol. The number of nitriles is 1. The van der Waals surface area contributed by atoms with Crippen LogP contribution in [0.1, 0.15) is 6.92 Å². The van der Waals surface area contributed by atoms with Crippen molar-refractivity contribution in [2.24, 2.45) is 4.52 Å². The minimum atomic E-state index is -2.50. The Kier molecular flexibility index (Phi) is 12.2. The van der Waals surface area contributed by atoms with Crippen molar-refractivity contribution in [3.63, 3.8) is 0 Å². The van der Waals surface area contributed by atoms with Crippen molar-refractivity contribution in [2.75, 3.05) is 0 Å². The summed E-state index contributed by atoms with van der Waals surface area (Å²) in [5.74, 6) is 0. The fraction of sp³-hybridized carbons (Fsp3) is 0.0263. The Balaban J connectivity index is 0.000000628. The van der Waals surface area contributed by atoms with Crippen LogP contribution in [0.4, 0.5) is 0 Å². The van der Waals surface area contributed by atoms with E-state index in [1.807, 2.05) is 0 Å². The molecule has 6 aromatic rings. The summed E-state index contributed by atoms with van der Waals surface area (Å²) in [6.45, 7) is 1.43. The van der Waals surface area contributed by atoms with Gasteiger partial charge in [-0.2, -0.15) is 5.26 Å². The number of hydrogen-bond acceptors (Lipinski definition) is 5. The average Bonchev–Trinajstić information content (AvgIpc) is 3.12. The molecule has 0 saturated heterocycles. The van der Waals surface area contributed by atoms with Crippen LogP contribution >= 0.6 is 14.5 Å². The molecular formula is C38H33N3O3P2. The van der Waals surface area contributed by atoms with Crippen molar-refractivity contribution >= 4 is 46.3 Å². The maximum atomic E-state index is 8.25. The SMILES string of the molecule is CC#N.O=[N+]([O-])[O-].c1ccc(P(=N[P+](c2ccccc2)(c2ccccc2)c2ccccc2)(c2ccccc2)c2ccccc2)cc1. The van der Waals surface area contributed by atoms with Crippen LogP contribution in [0.5, 0.6) is 0 Å². The normalized spacial score (nSPS) is 10.5. The van der Waals surface area contributed by atoms with Crippen molar-refractivity contribution in [1.29, 1.82) is 5.26 Å². The van der Waals surface area contributed by atoms with Gasteiger partial charge in [-0.3, -0.25) is 0 Å². The lowest BCUT2D eigenvalue weighted by molar-refractivity contribution is -0.402. The largest absolute Gasteiger partial charge is 0.356 e. The molecule has 0 fully saturated rings. The van der Waals surface area contributed by atoms with Crippen LogP contribution in [-0.4, -0.2) is 5.09 Å². The number of hydrogen-bond donors (Lipinski definition) is 0. The number of rotatable bonds is 7. The van der Waals surface area contributed by atoms with Crippen LogP contribution in [-0.2, 0) is 0 Å². The predicted octanol–water partition coefficient (Wildman–Crippen LogP) is 7.36. The summed E-state index contributed by atoms with van der Waals surface area (Å²) in [6, 6.07) is 67.4. The van der Waals surface area contributed by atoms with E-state index in [-0.39, 0.29) is 0 Å². The Morgan fingerprint density at radius 3 is 0.935 bits per heavy atom. The molecule has 6 rings (SSSR count). The molecule has 0 heterocycles. The van der Waals surface area contributed by atoms with E-state index in [4.69, 9.17) is 25.1 Å². The zero-order valence-corrected chi connectivity index (χ0v) is 27.1. The van der Waals surface area contributed by atoms with Crippen LogP contribution in [0, 0.1) is 26.7 Å². The monoisotopic (exact) mass is 641 g/mol. The van der Waals surface area contributed by atoms with E-state index < -0.39 is 19.6 Å². The highest BCUT2D eigenvalue weighted by atomic mass is 31.2. The first-order valence-electron chi connectivity index (χ1n) is 14.5. The molecule has 0 aliphatic carbocycles. The molecule has 0 aromatic heterocycles. The van der Waals surface area contributed by atoms with Gasteiger partial charge in [-0.05, 0) is 36.4 Å². The molecule has 0 bridgehead atoms. The fourth-order valence-corrected chi connectivity index (χ4v) is 14.8. The summed E-state index contributed by atoms with van der Waals surface area (Å²) >= 11 is 0. The van der Waals surface area contributed by atoms with Gasteiger partial charge in [0, 0.05) is 22.8 Å². The van der Waals surface area contributed by atoms with E-state index >= 15 is 0 Å². The molecule has 46 heavy (non-hydrogen) atoms. The summed E-state index contributed by atoms with van der Waals surface area (Å²) in [7, 11) is -4.99. The standard InChI is InChI=1S/C36H30NP2.C2H3N.NO3/c1-7-19-31(20-8-1)38(32-21-9-2-10-22-32,33-23-11-3-12-24-33)37-39(34-25-13-4-14-26-34,35-27-15-5-16-28-35)36-29-17-6-18-30-36;1-2-3;2-1(3)4/h1-30H;1H3;/q+1;;-1. The van der Waals surface area contributed by atoms with Gasteiger partial charge in [0.15, 0.2) is 0 Å². The lowest BCUT2D eigenvalue weighted by Gasteiger charge is -2.31. The van der Waals surface area contributed by atoms with Crippen molar-refractivity contribution < 1.29 is 5.09 Å². The molecule has 6 aromatic carbocycles. The fourth-order valence-electron chi connectivity index (χ4n) is 5.27. The lowest BCUT2D eigenvalue weighted by Crippen LogP contribution is -2.32. The minimum Gasteiger partial charge on any atom is -0.356 e. The molecule has 8 heteroatoms. The van der Waals surface area contributed by atoms with Crippen LogP contribution < -0.4 is 31.8 Å². The maximum Gasteiger partial charge on any atom is 0.228 e. The number of nitrogens with zero attached hydrogens (tertiary/aromatic N) is 3. The van der Waals surface area contributed by atoms with Crippen LogP contribution in [0.2, 0.25) is 0 Å². The van der Waals surface area contributed by atoms with Crippen LogP contribution in [0.3, 0.4) is 0 Å². The van der Waals surface area contributed by atoms with Gasteiger partial charge in [0.1, 0.15) is 23.0 Å². The summed E-state index contributed by atoms with van der Waals surface area (Å²) in [6.07, 6.45) is 0. The molecule has 0 spiro atoms. The third-order valence-electron chi connectivity index (χ3n) is 7.05. The molecule has 0 amide bonds. The highest BCUT2D eigenvalue weighted by Gasteiger charge is 2.49. The molecule has 0 radical (unpaired) electrons. The van der Waals surface area contributed by atoms with E-state index in [9.17, 15) is 0 Å². The second kappa shape index (κ2) is 16.7. The topological polar surface area (TPSA) is 102 Å². The molecule has 0 atom stereocenters. The van der Waals surface area contributed by atoms with E-state index in [0.717, 1.165) is 0 Å². The Morgan fingerprint density at radius 1 is 0.522 bits per heavy atom. The van der Waals surface area contributed by atoms with E-state index in [1.54, 1.807) is 6.07 Å². The maximum absolute atomic E-state index is 8.25. The van der Waals surface area contributed by atoms with E-state index in [0.29, 0.717) is 0 Å².